The minimum absolute atomic E-state index is 0.0919. The van der Waals surface area contributed by atoms with Crippen LogP contribution in [0.2, 0.25) is 0 Å². The van der Waals surface area contributed by atoms with Gasteiger partial charge in [-0.1, -0.05) is 29.8 Å². The van der Waals surface area contributed by atoms with E-state index >= 15 is 0 Å². The van der Waals surface area contributed by atoms with E-state index in [-0.39, 0.29) is 12.5 Å². The van der Waals surface area contributed by atoms with Gasteiger partial charge in [-0.25, -0.2) is 4.79 Å². The van der Waals surface area contributed by atoms with E-state index in [0.717, 1.165) is 17.5 Å². The number of nitrogens with one attached hydrogen (secondary N) is 2. The van der Waals surface area contributed by atoms with Crippen LogP contribution < -0.4 is 16.4 Å². The second-order valence-corrected chi connectivity index (χ2v) is 5.34. The monoisotopic (exact) mass is 307 g/mol. The molecule has 0 aromatic heterocycles. The summed E-state index contributed by atoms with van der Waals surface area (Å²) in [4.78, 5) is 22.9. The standard InChI is InChI=1S/C16H25N3O3/c1-12-5-4-6-13(9-12)10-18-11-15(20)19-14(16(21)22)7-2-3-8-17/h4-6,9,14,18H,2-3,7-8,10-11,17H2,1H3,(H,19,20)(H,21,22)/t14-/m0/s1. The summed E-state index contributed by atoms with van der Waals surface area (Å²) in [5.74, 6) is -1.32. The maximum Gasteiger partial charge on any atom is 0.326 e. The van der Waals surface area contributed by atoms with Gasteiger partial charge in [0.2, 0.25) is 5.91 Å². The highest BCUT2D eigenvalue weighted by molar-refractivity contribution is 5.84. The smallest absolute Gasteiger partial charge is 0.326 e. The molecule has 1 aromatic rings. The molecule has 0 spiro atoms. The Morgan fingerprint density at radius 1 is 1.32 bits per heavy atom. The van der Waals surface area contributed by atoms with Gasteiger partial charge in [0.15, 0.2) is 0 Å². The molecular formula is C16H25N3O3. The number of hydrogen-bond acceptors (Lipinski definition) is 4. The Kier molecular flexibility index (Phi) is 8.17. The van der Waals surface area contributed by atoms with E-state index in [2.05, 4.69) is 10.6 Å². The molecule has 5 N–H and O–H groups in total. The summed E-state index contributed by atoms with van der Waals surface area (Å²) in [5.41, 5.74) is 7.63. The Morgan fingerprint density at radius 2 is 2.09 bits per heavy atom. The zero-order chi connectivity index (χ0) is 16.4. The van der Waals surface area contributed by atoms with E-state index in [1.54, 1.807) is 0 Å². The molecule has 0 fully saturated rings. The molecule has 0 aliphatic carbocycles. The van der Waals surface area contributed by atoms with Crippen LogP contribution in [0.4, 0.5) is 0 Å². The summed E-state index contributed by atoms with van der Waals surface area (Å²) in [6.07, 6.45) is 1.84. The van der Waals surface area contributed by atoms with Gasteiger partial charge in [-0.15, -0.1) is 0 Å². The van der Waals surface area contributed by atoms with E-state index in [9.17, 15) is 9.59 Å². The number of carbonyl (C=O) groups excluding carboxylic acids is 1. The van der Waals surface area contributed by atoms with Gasteiger partial charge in [0.1, 0.15) is 6.04 Å². The quantitative estimate of drug-likeness (QED) is 0.478. The lowest BCUT2D eigenvalue weighted by molar-refractivity contribution is -0.141. The molecule has 0 aliphatic rings. The molecular weight excluding hydrogens is 282 g/mol. The fraction of sp³-hybridized carbons (Fsp3) is 0.500. The second-order valence-electron chi connectivity index (χ2n) is 5.34. The predicted octanol–water partition coefficient (Wildman–Crippen LogP) is 0.783. The van der Waals surface area contributed by atoms with E-state index in [0.29, 0.717) is 25.9 Å². The number of unbranched alkanes of at least 4 members (excludes halogenated alkanes) is 1. The topological polar surface area (TPSA) is 104 Å². The zero-order valence-corrected chi connectivity index (χ0v) is 13.0. The van der Waals surface area contributed by atoms with Crippen molar-refractivity contribution in [1.82, 2.24) is 10.6 Å². The molecule has 0 heterocycles. The van der Waals surface area contributed by atoms with E-state index in [1.807, 2.05) is 31.2 Å². The van der Waals surface area contributed by atoms with Crippen LogP contribution in [0.25, 0.3) is 0 Å². The number of amides is 1. The van der Waals surface area contributed by atoms with Gasteiger partial charge in [0.25, 0.3) is 0 Å². The summed E-state index contributed by atoms with van der Waals surface area (Å²) >= 11 is 0. The van der Waals surface area contributed by atoms with Crippen LogP contribution in [-0.4, -0.2) is 36.1 Å². The van der Waals surface area contributed by atoms with Crippen molar-refractivity contribution < 1.29 is 14.7 Å². The number of nitrogens with two attached hydrogens (primary N) is 1. The first-order valence-corrected chi connectivity index (χ1v) is 7.51. The minimum atomic E-state index is -1.01. The molecule has 0 unspecified atom stereocenters. The Balaban J connectivity index is 2.32. The highest BCUT2D eigenvalue weighted by Gasteiger charge is 2.18. The van der Waals surface area contributed by atoms with E-state index in [1.165, 1.54) is 0 Å². The molecule has 1 atom stereocenters. The lowest BCUT2D eigenvalue weighted by Gasteiger charge is -2.14. The maximum atomic E-state index is 11.8. The lowest BCUT2D eigenvalue weighted by Crippen LogP contribution is -2.44. The first-order chi connectivity index (χ1) is 10.5. The van der Waals surface area contributed by atoms with Crippen LogP contribution >= 0.6 is 0 Å². The summed E-state index contributed by atoms with van der Waals surface area (Å²) in [7, 11) is 0. The largest absolute Gasteiger partial charge is 0.480 e. The summed E-state index contributed by atoms with van der Waals surface area (Å²) in [6, 6.07) is 7.14. The van der Waals surface area contributed by atoms with Crippen molar-refractivity contribution in [3.63, 3.8) is 0 Å². The Labute approximate surface area is 131 Å². The van der Waals surface area contributed by atoms with Gasteiger partial charge in [-0.05, 0) is 38.3 Å². The third-order valence-corrected chi connectivity index (χ3v) is 3.28. The van der Waals surface area contributed by atoms with Gasteiger partial charge < -0.3 is 21.5 Å². The first-order valence-electron chi connectivity index (χ1n) is 7.51. The van der Waals surface area contributed by atoms with Crippen LogP contribution in [0, 0.1) is 6.92 Å². The number of carboxylic acid groups (broad SMARTS) is 1. The van der Waals surface area contributed by atoms with Gasteiger partial charge in [0, 0.05) is 6.54 Å². The van der Waals surface area contributed by atoms with Gasteiger partial charge in [0.05, 0.1) is 6.54 Å². The molecule has 6 nitrogen and oxygen atoms in total. The Bertz CT molecular complexity index is 491. The van der Waals surface area contributed by atoms with Gasteiger partial charge in [-0.2, -0.15) is 0 Å². The highest BCUT2D eigenvalue weighted by atomic mass is 16.4. The van der Waals surface area contributed by atoms with Crippen molar-refractivity contribution in [2.24, 2.45) is 5.73 Å². The van der Waals surface area contributed by atoms with Crippen LogP contribution in [-0.2, 0) is 16.1 Å². The molecule has 1 amide bonds. The number of hydrogen-bond donors (Lipinski definition) is 4. The highest BCUT2D eigenvalue weighted by Crippen LogP contribution is 2.03. The van der Waals surface area contributed by atoms with E-state index < -0.39 is 12.0 Å². The average molecular weight is 307 g/mol. The molecule has 0 bridgehead atoms. The average Bonchev–Trinajstić information content (AvgIpc) is 2.46. The Hall–Kier alpha value is -1.92. The SMILES string of the molecule is Cc1cccc(CNCC(=O)N[C@@H](CCCCN)C(=O)O)c1. The second kappa shape index (κ2) is 9.92. The van der Waals surface area contributed by atoms with E-state index in [4.69, 9.17) is 10.8 Å². The normalized spacial score (nSPS) is 11.9. The number of benzene rings is 1. The summed E-state index contributed by atoms with van der Waals surface area (Å²) in [6.45, 7) is 3.20. The van der Waals surface area contributed by atoms with Gasteiger partial charge in [-0.3, -0.25) is 4.79 Å². The Morgan fingerprint density at radius 3 is 2.73 bits per heavy atom. The van der Waals surface area contributed by atoms with Crippen molar-refractivity contribution in [2.75, 3.05) is 13.1 Å². The maximum absolute atomic E-state index is 11.8. The fourth-order valence-electron chi connectivity index (χ4n) is 2.14. The summed E-state index contributed by atoms with van der Waals surface area (Å²) in [5, 5.41) is 14.6. The lowest BCUT2D eigenvalue weighted by atomic mass is 10.1. The molecule has 0 aliphatic heterocycles. The molecule has 0 saturated carbocycles. The first kappa shape index (κ1) is 18.1. The van der Waals surface area contributed by atoms with Crippen molar-refractivity contribution in [1.29, 1.82) is 0 Å². The zero-order valence-electron chi connectivity index (χ0n) is 13.0. The number of rotatable bonds is 10. The van der Waals surface area contributed by atoms with Crippen LogP contribution in [0.5, 0.6) is 0 Å². The molecule has 122 valence electrons. The summed E-state index contributed by atoms with van der Waals surface area (Å²) < 4.78 is 0. The molecule has 1 rings (SSSR count). The third-order valence-electron chi connectivity index (χ3n) is 3.28. The van der Waals surface area contributed by atoms with Crippen molar-refractivity contribution >= 4 is 11.9 Å². The predicted molar refractivity (Wildman–Crippen MR) is 85.4 cm³/mol. The number of aliphatic carboxylic acids is 1. The molecule has 6 heteroatoms. The molecule has 22 heavy (non-hydrogen) atoms. The third kappa shape index (κ3) is 7.19. The van der Waals surface area contributed by atoms with Gasteiger partial charge >= 0.3 is 5.97 Å². The number of aryl methyl sites for hydroxylation is 1. The van der Waals surface area contributed by atoms with Crippen molar-refractivity contribution in [3.8, 4) is 0 Å². The van der Waals surface area contributed by atoms with Crippen LogP contribution in [0.15, 0.2) is 24.3 Å². The van der Waals surface area contributed by atoms with Crippen LogP contribution in [0.1, 0.15) is 30.4 Å². The molecule has 0 radical (unpaired) electrons. The van der Waals surface area contributed by atoms with Crippen LogP contribution in [0.3, 0.4) is 0 Å². The fourth-order valence-corrected chi connectivity index (χ4v) is 2.14. The minimum Gasteiger partial charge on any atom is -0.480 e. The molecule has 0 saturated heterocycles. The van der Waals surface area contributed by atoms with Crippen molar-refractivity contribution in [3.05, 3.63) is 35.4 Å². The molecule has 1 aromatic carbocycles. The number of carbonyl (C=O) groups is 2. The van der Waals surface area contributed by atoms with Crippen molar-refractivity contribution in [2.45, 2.75) is 38.8 Å². The number of carboxylic acids is 1.